The molecule has 0 spiro atoms. The summed E-state index contributed by atoms with van der Waals surface area (Å²) in [4.78, 5) is 17.3. The fourth-order valence-corrected chi connectivity index (χ4v) is 4.57. The summed E-state index contributed by atoms with van der Waals surface area (Å²) in [5, 5.41) is 14.4. The molecule has 4 heterocycles. The second-order valence-corrected chi connectivity index (χ2v) is 8.46. The van der Waals surface area contributed by atoms with Gasteiger partial charge in [0.25, 0.3) is 0 Å². The number of halogens is 1. The van der Waals surface area contributed by atoms with Crippen LogP contribution in [0.4, 0.5) is 5.69 Å². The third-order valence-electron chi connectivity index (χ3n) is 4.23. The summed E-state index contributed by atoms with van der Waals surface area (Å²) in [5.41, 5.74) is 0.495. The number of hydrogen-bond acceptors (Lipinski definition) is 7. The molecule has 0 unspecified atom stereocenters. The lowest BCUT2D eigenvalue weighted by atomic mass is 10.2. The molecule has 0 bridgehead atoms. The molecule has 3 aromatic rings. The highest BCUT2D eigenvalue weighted by molar-refractivity contribution is 7.99. The molecule has 1 saturated heterocycles. The maximum atomic E-state index is 12.3. The lowest BCUT2D eigenvalue weighted by Crippen LogP contribution is -2.18. The Labute approximate surface area is 175 Å². The number of amides is 1. The van der Waals surface area contributed by atoms with Gasteiger partial charge in [-0.15, -0.1) is 21.5 Å². The predicted octanol–water partition coefficient (Wildman–Crippen LogP) is 3.96. The normalized spacial score (nSPS) is 16.4. The fourth-order valence-electron chi connectivity index (χ4n) is 2.94. The van der Waals surface area contributed by atoms with Crippen LogP contribution in [-0.4, -0.2) is 44.1 Å². The summed E-state index contributed by atoms with van der Waals surface area (Å²) in [7, 11) is 0. The SMILES string of the molecule is O=C(CSc1nnc(-c2cccs2)n1C[C@H]1CCCO1)Nc1cccnc1Cl. The molecule has 0 saturated carbocycles. The van der Waals surface area contributed by atoms with E-state index >= 15 is 0 Å². The van der Waals surface area contributed by atoms with E-state index in [1.807, 2.05) is 17.5 Å². The van der Waals surface area contributed by atoms with Gasteiger partial charge in [-0.2, -0.15) is 0 Å². The van der Waals surface area contributed by atoms with Gasteiger partial charge in [-0.25, -0.2) is 4.98 Å². The van der Waals surface area contributed by atoms with Crippen LogP contribution in [0.3, 0.4) is 0 Å². The second kappa shape index (κ2) is 9.04. The first-order chi connectivity index (χ1) is 13.7. The number of thiophene rings is 1. The largest absolute Gasteiger partial charge is 0.376 e. The average molecular weight is 436 g/mol. The smallest absolute Gasteiger partial charge is 0.234 e. The van der Waals surface area contributed by atoms with Crippen LogP contribution in [0.15, 0.2) is 41.0 Å². The van der Waals surface area contributed by atoms with Crippen molar-refractivity contribution in [1.29, 1.82) is 0 Å². The summed E-state index contributed by atoms with van der Waals surface area (Å²) in [6, 6.07) is 7.45. The first kappa shape index (κ1) is 19.4. The van der Waals surface area contributed by atoms with Gasteiger partial charge >= 0.3 is 0 Å². The number of carbonyl (C=O) groups excluding carboxylic acids is 1. The highest BCUT2D eigenvalue weighted by Crippen LogP contribution is 2.29. The molecule has 0 aromatic carbocycles. The number of ether oxygens (including phenoxy) is 1. The molecule has 0 aliphatic carbocycles. The maximum absolute atomic E-state index is 12.3. The van der Waals surface area contributed by atoms with Crippen molar-refractivity contribution in [3.8, 4) is 10.7 Å². The Morgan fingerprint density at radius 3 is 3.07 bits per heavy atom. The van der Waals surface area contributed by atoms with E-state index in [0.29, 0.717) is 17.4 Å². The molecule has 1 amide bonds. The minimum Gasteiger partial charge on any atom is -0.376 e. The Morgan fingerprint density at radius 2 is 2.32 bits per heavy atom. The van der Waals surface area contributed by atoms with Crippen LogP contribution in [0.1, 0.15) is 12.8 Å². The van der Waals surface area contributed by atoms with Gasteiger partial charge in [-0.05, 0) is 36.4 Å². The molecule has 4 rings (SSSR count). The zero-order chi connectivity index (χ0) is 19.3. The van der Waals surface area contributed by atoms with Gasteiger partial charge in [0.1, 0.15) is 0 Å². The predicted molar refractivity (Wildman–Crippen MR) is 111 cm³/mol. The van der Waals surface area contributed by atoms with Crippen LogP contribution in [0, 0.1) is 0 Å². The van der Waals surface area contributed by atoms with E-state index in [-0.39, 0.29) is 22.9 Å². The number of nitrogens with one attached hydrogen (secondary N) is 1. The summed E-state index contributed by atoms with van der Waals surface area (Å²) in [6.07, 6.45) is 3.81. The fraction of sp³-hybridized carbons (Fsp3) is 0.333. The molecular formula is C18H18ClN5O2S2. The van der Waals surface area contributed by atoms with Crippen molar-refractivity contribution in [1.82, 2.24) is 19.7 Å². The number of nitrogens with zero attached hydrogens (tertiary/aromatic N) is 4. The maximum Gasteiger partial charge on any atom is 0.234 e. The standard InChI is InChI=1S/C18H18ClN5O2S2/c19-16-13(5-1-7-20-16)21-15(25)11-28-18-23-22-17(14-6-3-9-27-14)24(18)10-12-4-2-8-26-12/h1,3,5-7,9,12H,2,4,8,10-11H2,(H,21,25)/t12-/m1/s1. The van der Waals surface area contributed by atoms with E-state index < -0.39 is 0 Å². The zero-order valence-electron chi connectivity index (χ0n) is 14.9. The topological polar surface area (TPSA) is 81.9 Å². The lowest BCUT2D eigenvalue weighted by molar-refractivity contribution is -0.113. The van der Waals surface area contributed by atoms with E-state index in [9.17, 15) is 4.79 Å². The monoisotopic (exact) mass is 435 g/mol. The Balaban J connectivity index is 1.47. The van der Waals surface area contributed by atoms with E-state index in [1.54, 1.807) is 29.7 Å². The number of pyridine rings is 1. The van der Waals surface area contributed by atoms with Gasteiger partial charge in [-0.1, -0.05) is 29.4 Å². The number of thioether (sulfide) groups is 1. The molecule has 1 aliphatic heterocycles. The van der Waals surface area contributed by atoms with Crippen LogP contribution in [0.2, 0.25) is 5.15 Å². The quantitative estimate of drug-likeness (QED) is 0.446. The third-order valence-corrected chi connectivity index (χ3v) is 6.37. The van der Waals surface area contributed by atoms with E-state index in [2.05, 4.69) is 25.1 Å². The molecule has 7 nitrogen and oxygen atoms in total. The molecular weight excluding hydrogens is 418 g/mol. The minimum atomic E-state index is -0.177. The highest BCUT2D eigenvalue weighted by atomic mass is 35.5. The summed E-state index contributed by atoms with van der Waals surface area (Å²) in [5.74, 6) is 0.826. The van der Waals surface area contributed by atoms with Gasteiger partial charge in [-0.3, -0.25) is 9.36 Å². The van der Waals surface area contributed by atoms with Crippen molar-refractivity contribution in [2.75, 3.05) is 17.7 Å². The molecule has 1 N–H and O–H groups in total. The lowest BCUT2D eigenvalue weighted by Gasteiger charge is -2.14. The van der Waals surface area contributed by atoms with Gasteiger partial charge < -0.3 is 10.1 Å². The van der Waals surface area contributed by atoms with Crippen molar-refractivity contribution >= 4 is 46.3 Å². The number of carbonyl (C=O) groups is 1. The zero-order valence-corrected chi connectivity index (χ0v) is 17.3. The first-order valence-corrected chi connectivity index (χ1v) is 11.1. The Morgan fingerprint density at radius 1 is 1.39 bits per heavy atom. The Kier molecular flexibility index (Phi) is 6.26. The molecule has 3 aromatic heterocycles. The first-order valence-electron chi connectivity index (χ1n) is 8.82. The van der Waals surface area contributed by atoms with Crippen molar-refractivity contribution in [3.63, 3.8) is 0 Å². The molecule has 28 heavy (non-hydrogen) atoms. The van der Waals surface area contributed by atoms with Crippen molar-refractivity contribution < 1.29 is 9.53 Å². The third kappa shape index (κ3) is 4.54. The van der Waals surface area contributed by atoms with Crippen molar-refractivity contribution in [2.24, 2.45) is 0 Å². The van der Waals surface area contributed by atoms with Gasteiger partial charge in [0.05, 0.1) is 29.0 Å². The Bertz CT molecular complexity index is 941. The van der Waals surface area contributed by atoms with E-state index in [0.717, 1.165) is 30.2 Å². The number of hydrogen-bond donors (Lipinski definition) is 1. The van der Waals surface area contributed by atoms with Gasteiger partial charge in [0.15, 0.2) is 16.1 Å². The summed E-state index contributed by atoms with van der Waals surface area (Å²) >= 11 is 8.95. The second-order valence-electron chi connectivity index (χ2n) is 6.21. The molecule has 146 valence electrons. The van der Waals surface area contributed by atoms with Crippen molar-refractivity contribution in [2.45, 2.75) is 30.6 Å². The minimum absolute atomic E-state index is 0.150. The van der Waals surface area contributed by atoms with Crippen LogP contribution in [-0.2, 0) is 16.1 Å². The Hall–Kier alpha value is -1.94. The number of aromatic nitrogens is 4. The van der Waals surface area contributed by atoms with Crippen LogP contribution >= 0.6 is 34.7 Å². The van der Waals surface area contributed by atoms with Gasteiger partial charge in [0, 0.05) is 12.8 Å². The van der Waals surface area contributed by atoms with Gasteiger partial charge in [0.2, 0.25) is 5.91 Å². The summed E-state index contributed by atoms with van der Waals surface area (Å²) < 4.78 is 7.84. The van der Waals surface area contributed by atoms with Crippen molar-refractivity contribution in [3.05, 3.63) is 41.0 Å². The van der Waals surface area contributed by atoms with Crippen LogP contribution in [0.25, 0.3) is 10.7 Å². The molecule has 1 atom stereocenters. The molecule has 1 fully saturated rings. The molecule has 1 aliphatic rings. The van der Waals surface area contributed by atoms with E-state index in [1.165, 1.54) is 11.8 Å². The summed E-state index contributed by atoms with van der Waals surface area (Å²) in [6.45, 7) is 1.47. The number of rotatable bonds is 7. The number of anilines is 1. The van der Waals surface area contributed by atoms with E-state index in [4.69, 9.17) is 16.3 Å². The highest BCUT2D eigenvalue weighted by Gasteiger charge is 2.22. The molecule has 0 radical (unpaired) electrons. The van der Waals surface area contributed by atoms with Crippen LogP contribution in [0.5, 0.6) is 0 Å². The van der Waals surface area contributed by atoms with Crippen LogP contribution < -0.4 is 5.32 Å². The molecule has 10 heteroatoms. The average Bonchev–Trinajstić information content (AvgIpc) is 3.44.